The SMILES string of the molecule is C[C@H]1CC[C@H]2C[C@@H]1C[C@H](N1CC3CCCC[C@@H]1C[C@@H]3N(C(=O)N1CCC[C@H]1C(=O)O)c1ccccc1)C2. The number of hydrogen-bond acceptors (Lipinski definition) is 3. The number of benzene rings is 1. The lowest BCUT2D eigenvalue weighted by molar-refractivity contribution is -0.141. The predicted molar refractivity (Wildman–Crippen MR) is 146 cm³/mol. The Labute approximate surface area is 222 Å². The first kappa shape index (κ1) is 25.2. The summed E-state index contributed by atoms with van der Waals surface area (Å²) >= 11 is 0. The molecule has 3 heterocycles. The number of hydrogen-bond donors (Lipinski definition) is 1. The van der Waals surface area contributed by atoms with Crippen molar-refractivity contribution < 1.29 is 14.7 Å². The third kappa shape index (κ3) is 4.91. The summed E-state index contributed by atoms with van der Waals surface area (Å²) in [4.78, 5) is 32.7. The van der Waals surface area contributed by atoms with Crippen molar-refractivity contribution in [2.24, 2.45) is 23.7 Å². The summed E-state index contributed by atoms with van der Waals surface area (Å²) in [6, 6.07) is 10.6. The summed E-state index contributed by atoms with van der Waals surface area (Å²) in [5.41, 5.74) is 0.923. The smallest absolute Gasteiger partial charge is 0.326 e. The lowest BCUT2D eigenvalue weighted by Crippen LogP contribution is -2.62. The van der Waals surface area contributed by atoms with Gasteiger partial charge in [0.15, 0.2) is 0 Å². The van der Waals surface area contributed by atoms with E-state index in [1.807, 2.05) is 35.2 Å². The topological polar surface area (TPSA) is 64.1 Å². The van der Waals surface area contributed by atoms with Crippen LogP contribution in [0.25, 0.3) is 0 Å². The molecule has 6 nitrogen and oxygen atoms in total. The Bertz CT molecular complexity index is 970. The molecule has 6 aliphatic rings. The van der Waals surface area contributed by atoms with Gasteiger partial charge in [0, 0.05) is 36.9 Å². The van der Waals surface area contributed by atoms with Crippen LogP contribution < -0.4 is 4.90 Å². The van der Waals surface area contributed by atoms with Crippen LogP contribution in [-0.4, -0.2) is 64.2 Å². The van der Waals surface area contributed by atoms with Gasteiger partial charge in [0.1, 0.15) is 6.04 Å². The highest BCUT2D eigenvalue weighted by atomic mass is 16.4. The normalized spacial score (nSPS) is 38.1. The molecule has 3 saturated carbocycles. The Hall–Kier alpha value is -2.08. The summed E-state index contributed by atoms with van der Waals surface area (Å²) in [5.74, 6) is 2.23. The largest absolute Gasteiger partial charge is 0.480 e. The van der Waals surface area contributed by atoms with E-state index in [2.05, 4.69) is 11.8 Å². The Morgan fingerprint density at radius 1 is 0.865 bits per heavy atom. The molecule has 1 N–H and O–H groups in total. The number of likely N-dealkylation sites (tertiary alicyclic amines) is 1. The minimum Gasteiger partial charge on any atom is -0.480 e. The Kier molecular flexibility index (Phi) is 7.22. The van der Waals surface area contributed by atoms with Crippen LogP contribution in [0.5, 0.6) is 0 Å². The molecule has 202 valence electrons. The number of piperidine rings is 1. The highest BCUT2D eigenvalue weighted by Crippen LogP contribution is 2.47. The van der Waals surface area contributed by atoms with Gasteiger partial charge >= 0.3 is 12.0 Å². The minimum absolute atomic E-state index is 0.0973. The molecule has 8 atom stereocenters. The molecule has 0 radical (unpaired) electrons. The Morgan fingerprint density at radius 2 is 1.68 bits per heavy atom. The molecule has 4 bridgehead atoms. The van der Waals surface area contributed by atoms with E-state index in [9.17, 15) is 14.7 Å². The molecule has 7 rings (SSSR count). The van der Waals surface area contributed by atoms with Crippen molar-refractivity contribution in [1.82, 2.24) is 9.80 Å². The van der Waals surface area contributed by atoms with Crippen molar-refractivity contribution in [2.75, 3.05) is 18.0 Å². The van der Waals surface area contributed by atoms with E-state index in [-0.39, 0.29) is 12.1 Å². The number of carboxylic acid groups (broad SMARTS) is 1. The number of nitrogens with zero attached hydrogens (tertiary/aromatic N) is 3. The third-order valence-electron chi connectivity index (χ3n) is 10.8. The lowest BCUT2D eigenvalue weighted by Gasteiger charge is -2.55. The predicted octanol–water partition coefficient (Wildman–Crippen LogP) is 6.01. The average molecular weight is 508 g/mol. The van der Waals surface area contributed by atoms with Gasteiger partial charge in [-0.1, -0.05) is 50.8 Å². The molecule has 3 aliphatic carbocycles. The monoisotopic (exact) mass is 507 g/mol. The third-order valence-corrected chi connectivity index (χ3v) is 10.8. The van der Waals surface area contributed by atoms with Gasteiger partial charge in [-0.3, -0.25) is 9.80 Å². The van der Waals surface area contributed by atoms with E-state index in [1.165, 1.54) is 51.4 Å². The highest BCUT2D eigenvalue weighted by molar-refractivity contribution is 5.95. The number of amides is 2. The standard InChI is InChI=1S/C31H45N3O3/c1-21-13-14-22-16-24(21)18-27(17-22)33-20-23-8-5-6-11-26(33)19-29(23)34(25-9-3-2-4-10-25)31(37)32-15-7-12-28(32)30(35)36/h2-4,9-10,21-24,26-29H,5-8,11-20H2,1H3,(H,35,36)/t21-,22-,23?,24+,26+,27+,28-,29-/m0/s1. The van der Waals surface area contributed by atoms with Crippen LogP contribution in [-0.2, 0) is 4.79 Å². The molecule has 2 amide bonds. The first-order valence-corrected chi connectivity index (χ1v) is 15.1. The number of rotatable bonds is 4. The van der Waals surface area contributed by atoms with Crippen LogP contribution in [0, 0.1) is 23.7 Å². The number of carbonyl (C=O) groups is 2. The van der Waals surface area contributed by atoms with Crippen LogP contribution in [0.15, 0.2) is 30.3 Å². The zero-order chi connectivity index (χ0) is 25.5. The first-order valence-electron chi connectivity index (χ1n) is 15.1. The summed E-state index contributed by atoms with van der Waals surface area (Å²) in [7, 11) is 0. The maximum Gasteiger partial charge on any atom is 0.326 e. The fourth-order valence-corrected chi connectivity index (χ4v) is 8.85. The van der Waals surface area contributed by atoms with Crippen LogP contribution >= 0.6 is 0 Å². The van der Waals surface area contributed by atoms with Gasteiger partial charge in [0.25, 0.3) is 0 Å². The second-order valence-electron chi connectivity index (χ2n) is 12.9. The number of fused-ring (bicyclic) bond motifs is 7. The number of anilines is 1. The fourth-order valence-electron chi connectivity index (χ4n) is 8.85. The van der Waals surface area contributed by atoms with E-state index in [0.29, 0.717) is 31.0 Å². The van der Waals surface area contributed by atoms with E-state index in [0.717, 1.165) is 49.2 Å². The molecule has 1 aromatic rings. The quantitative estimate of drug-likeness (QED) is 0.542. The van der Waals surface area contributed by atoms with Gasteiger partial charge in [-0.25, -0.2) is 9.59 Å². The van der Waals surface area contributed by atoms with Gasteiger partial charge in [-0.15, -0.1) is 0 Å². The number of aliphatic carboxylic acids is 1. The van der Waals surface area contributed by atoms with E-state index in [1.54, 1.807) is 4.90 Å². The number of para-hydroxylation sites is 1. The van der Waals surface area contributed by atoms with E-state index < -0.39 is 12.0 Å². The van der Waals surface area contributed by atoms with Crippen molar-refractivity contribution in [1.29, 1.82) is 0 Å². The van der Waals surface area contributed by atoms with Crippen molar-refractivity contribution in [2.45, 2.75) is 108 Å². The molecule has 1 unspecified atom stereocenters. The second-order valence-corrected chi connectivity index (χ2v) is 12.9. The van der Waals surface area contributed by atoms with Crippen molar-refractivity contribution >= 4 is 17.7 Å². The first-order chi connectivity index (χ1) is 18.0. The van der Waals surface area contributed by atoms with Crippen molar-refractivity contribution in [3.63, 3.8) is 0 Å². The molecule has 3 saturated heterocycles. The average Bonchev–Trinajstić information content (AvgIpc) is 3.38. The highest BCUT2D eigenvalue weighted by Gasteiger charge is 2.48. The summed E-state index contributed by atoms with van der Waals surface area (Å²) < 4.78 is 0. The fraction of sp³-hybridized carbons (Fsp3) is 0.742. The zero-order valence-corrected chi connectivity index (χ0v) is 22.5. The maximum absolute atomic E-state index is 14.2. The van der Waals surface area contributed by atoms with Gasteiger partial charge < -0.3 is 10.0 Å². The Morgan fingerprint density at radius 3 is 2.49 bits per heavy atom. The molecular weight excluding hydrogens is 462 g/mol. The molecular formula is C31H45N3O3. The van der Waals surface area contributed by atoms with E-state index >= 15 is 0 Å². The zero-order valence-electron chi connectivity index (χ0n) is 22.5. The minimum atomic E-state index is -0.874. The molecule has 3 aliphatic heterocycles. The molecule has 0 spiro atoms. The van der Waals surface area contributed by atoms with Crippen LogP contribution in [0.1, 0.15) is 84.0 Å². The van der Waals surface area contributed by atoms with Gasteiger partial charge in [-0.05, 0) is 87.2 Å². The molecule has 1 aromatic carbocycles. The van der Waals surface area contributed by atoms with Crippen molar-refractivity contribution in [3.8, 4) is 0 Å². The lowest BCUT2D eigenvalue weighted by atomic mass is 9.65. The van der Waals surface area contributed by atoms with Gasteiger partial charge in [-0.2, -0.15) is 0 Å². The van der Waals surface area contributed by atoms with Crippen LogP contribution in [0.4, 0.5) is 10.5 Å². The van der Waals surface area contributed by atoms with Crippen LogP contribution in [0.3, 0.4) is 0 Å². The molecule has 37 heavy (non-hydrogen) atoms. The van der Waals surface area contributed by atoms with Crippen molar-refractivity contribution in [3.05, 3.63) is 30.3 Å². The summed E-state index contributed by atoms with van der Waals surface area (Å²) in [6.45, 7) is 4.10. The van der Waals surface area contributed by atoms with Gasteiger partial charge in [0.2, 0.25) is 0 Å². The summed E-state index contributed by atoms with van der Waals surface area (Å²) in [5, 5.41) is 9.83. The summed E-state index contributed by atoms with van der Waals surface area (Å²) in [6.07, 6.45) is 14.2. The second kappa shape index (κ2) is 10.6. The van der Waals surface area contributed by atoms with Crippen LogP contribution in [0.2, 0.25) is 0 Å². The number of carbonyl (C=O) groups excluding carboxylic acids is 1. The Balaban J connectivity index is 1.28. The van der Waals surface area contributed by atoms with E-state index in [4.69, 9.17) is 0 Å². The molecule has 6 fully saturated rings. The molecule has 6 heteroatoms. The number of carboxylic acids is 1. The maximum atomic E-state index is 14.2. The van der Waals surface area contributed by atoms with Gasteiger partial charge in [0.05, 0.1) is 0 Å². The molecule has 0 aromatic heterocycles. The number of urea groups is 1.